The van der Waals surface area contributed by atoms with Gasteiger partial charge in [-0.05, 0) is 49.4 Å². The van der Waals surface area contributed by atoms with Crippen LogP contribution < -0.4 is 10.1 Å². The van der Waals surface area contributed by atoms with Crippen molar-refractivity contribution in [1.29, 1.82) is 0 Å². The molecule has 1 atom stereocenters. The van der Waals surface area contributed by atoms with Crippen LogP contribution in [0.2, 0.25) is 0 Å². The van der Waals surface area contributed by atoms with Crippen LogP contribution in [-0.2, 0) is 4.79 Å². The number of nitrogens with zero attached hydrogens (tertiary/aromatic N) is 1. The molecule has 0 spiro atoms. The van der Waals surface area contributed by atoms with Gasteiger partial charge in [-0.2, -0.15) is 0 Å². The van der Waals surface area contributed by atoms with E-state index in [1.807, 2.05) is 12.1 Å². The summed E-state index contributed by atoms with van der Waals surface area (Å²) >= 11 is 0. The zero-order valence-corrected chi connectivity index (χ0v) is 14.1. The number of methoxy groups -OCH3 is 1. The molecule has 3 rings (SSSR count). The van der Waals surface area contributed by atoms with Crippen LogP contribution in [0.25, 0.3) is 0 Å². The zero-order valence-electron chi connectivity index (χ0n) is 14.1. The SMILES string of the molecule is COc1ccc(C2CCN(CCC(=O)NC3CCCC3)C2)cc1. The molecule has 1 saturated carbocycles. The number of ether oxygens (including phenoxy) is 1. The van der Waals surface area contributed by atoms with Crippen molar-refractivity contribution in [1.82, 2.24) is 10.2 Å². The Labute approximate surface area is 139 Å². The molecule has 0 aromatic heterocycles. The average Bonchev–Trinajstić information content (AvgIpc) is 3.25. The summed E-state index contributed by atoms with van der Waals surface area (Å²) in [6.45, 7) is 3.03. The van der Waals surface area contributed by atoms with E-state index in [9.17, 15) is 4.79 Å². The molecule has 2 aliphatic rings. The summed E-state index contributed by atoms with van der Waals surface area (Å²) in [6, 6.07) is 8.84. The molecule has 126 valence electrons. The van der Waals surface area contributed by atoms with Crippen molar-refractivity contribution >= 4 is 5.91 Å². The van der Waals surface area contributed by atoms with Crippen molar-refractivity contribution in [2.24, 2.45) is 0 Å². The van der Waals surface area contributed by atoms with Crippen LogP contribution in [0.5, 0.6) is 5.75 Å². The highest BCUT2D eigenvalue weighted by Crippen LogP contribution is 2.28. The fraction of sp³-hybridized carbons (Fsp3) is 0.632. The molecule has 1 amide bonds. The van der Waals surface area contributed by atoms with Gasteiger partial charge in [0.25, 0.3) is 0 Å². The second kappa shape index (κ2) is 7.82. The third-order valence-corrected chi connectivity index (χ3v) is 5.23. The maximum absolute atomic E-state index is 12.0. The van der Waals surface area contributed by atoms with Crippen molar-refractivity contribution in [3.63, 3.8) is 0 Å². The zero-order chi connectivity index (χ0) is 16.1. The standard InChI is InChI=1S/C19H28N2O2/c1-23-18-8-6-15(7-9-18)16-10-12-21(14-16)13-11-19(22)20-17-4-2-3-5-17/h6-9,16-17H,2-5,10-14H2,1H3,(H,20,22). The maximum atomic E-state index is 12.0. The Bertz CT molecular complexity index is 509. The highest BCUT2D eigenvalue weighted by Gasteiger charge is 2.24. The van der Waals surface area contributed by atoms with Gasteiger partial charge >= 0.3 is 0 Å². The van der Waals surface area contributed by atoms with Gasteiger partial charge < -0.3 is 15.0 Å². The van der Waals surface area contributed by atoms with Crippen molar-refractivity contribution < 1.29 is 9.53 Å². The summed E-state index contributed by atoms with van der Waals surface area (Å²) in [6.07, 6.45) is 6.66. The van der Waals surface area contributed by atoms with E-state index in [0.717, 1.165) is 38.2 Å². The number of amides is 1. The number of hydrogen-bond acceptors (Lipinski definition) is 3. The smallest absolute Gasteiger partial charge is 0.221 e. The third-order valence-electron chi connectivity index (χ3n) is 5.23. The van der Waals surface area contributed by atoms with Crippen LogP contribution in [0.3, 0.4) is 0 Å². The monoisotopic (exact) mass is 316 g/mol. The van der Waals surface area contributed by atoms with Crippen LogP contribution in [0, 0.1) is 0 Å². The largest absolute Gasteiger partial charge is 0.497 e. The molecule has 1 aliphatic carbocycles. The second-order valence-corrected chi connectivity index (χ2v) is 6.86. The molecule has 23 heavy (non-hydrogen) atoms. The quantitative estimate of drug-likeness (QED) is 0.877. The minimum Gasteiger partial charge on any atom is -0.497 e. The Morgan fingerprint density at radius 3 is 2.65 bits per heavy atom. The lowest BCUT2D eigenvalue weighted by atomic mass is 9.98. The Morgan fingerprint density at radius 2 is 1.96 bits per heavy atom. The molecule has 1 aromatic carbocycles. The molecular weight excluding hydrogens is 288 g/mol. The summed E-state index contributed by atoms with van der Waals surface area (Å²) in [5.41, 5.74) is 1.38. The molecule has 1 aromatic rings. The molecule has 1 unspecified atom stereocenters. The second-order valence-electron chi connectivity index (χ2n) is 6.86. The number of benzene rings is 1. The van der Waals surface area contributed by atoms with Gasteiger partial charge in [-0.15, -0.1) is 0 Å². The van der Waals surface area contributed by atoms with E-state index < -0.39 is 0 Å². The van der Waals surface area contributed by atoms with Gasteiger partial charge in [-0.3, -0.25) is 4.79 Å². The van der Waals surface area contributed by atoms with E-state index >= 15 is 0 Å². The Balaban J connectivity index is 1.41. The van der Waals surface area contributed by atoms with Crippen molar-refractivity contribution in [3.05, 3.63) is 29.8 Å². The normalized spacial score (nSPS) is 22.4. The van der Waals surface area contributed by atoms with Crippen molar-refractivity contribution in [2.75, 3.05) is 26.7 Å². The molecule has 1 saturated heterocycles. The molecule has 1 N–H and O–H groups in total. The first-order chi connectivity index (χ1) is 11.2. The van der Waals surface area contributed by atoms with Gasteiger partial charge in [0, 0.05) is 25.6 Å². The van der Waals surface area contributed by atoms with Gasteiger partial charge in [0.05, 0.1) is 7.11 Å². The molecule has 1 heterocycles. The van der Waals surface area contributed by atoms with E-state index in [2.05, 4.69) is 22.3 Å². The van der Waals surface area contributed by atoms with Gasteiger partial charge in [-0.1, -0.05) is 25.0 Å². The minimum absolute atomic E-state index is 0.227. The number of hydrogen-bond donors (Lipinski definition) is 1. The van der Waals surface area contributed by atoms with Crippen molar-refractivity contribution in [3.8, 4) is 5.75 Å². The third kappa shape index (κ3) is 4.47. The Morgan fingerprint density at radius 1 is 1.22 bits per heavy atom. The molecule has 4 heteroatoms. The Hall–Kier alpha value is -1.55. The first-order valence-electron chi connectivity index (χ1n) is 8.90. The van der Waals surface area contributed by atoms with Crippen molar-refractivity contribution in [2.45, 2.75) is 50.5 Å². The Kier molecular flexibility index (Phi) is 5.55. The number of carbonyl (C=O) groups is 1. The number of nitrogens with one attached hydrogen (secondary N) is 1. The molecule has 2 fully saturated rings. The van der Waals surface area contributed by atoms with E-state index in [4.69, 9.17) is 4.74 Å². The number of carbonyl (C=O) groups excluding carboxylic acids is 1. The highest BCUT2D eigenvalue weighted by atomic mass is 16.5. The maximum Gasteiger partial charge on any atom is 0.221 e. The fourth-order valence-electron chi connectivity index (χ4n) is 3.81. The van der Waals surface area contributed by atoms with Crippen LogP contribution in [-0.4, -0.2) is 43.6 Å². The average molecular weight is 316 g/mol. The van der Waals surface area contributed by atoms with Crippen LogP contribution >= 0.6 is 0 Å². The fourth-order valence-corrected chi connectivity index (χ4v) is 3.81. The van der Waals surface area contributed by atoms with E-state index in [1.54, 1.807) is 7.11 Å². The van der Waals surface area contributed by atoms with Gasteiger partial charge in [-0.25, -0.2) is 0 Å². The number of rotatable bonds is 6. The molecule has 0 bridgehead atoms. The lowest BCUT2D eigenvalue weighted by Crippen LogP contribution is -2.35. The summed E-state index contributed by atoms with van der Waals surface area (Å²) in [5.74, 6) is 1.72. The molecular formula is C19H28N2O2. The van der Waals surface area contributed by atoms with Gasteiger partial charge in [0.1, 0.15) is 5.75 Å². The summed E-state index contributed by atoms with van der Waals surface area (Å²) in [7, 11) is 1.70. The van der Waals surface area contributed by atoms with E-state index in [1.165, 1.54) is 24.8 Å². The van der Waals surface area contributed by atoms with Crippen LogP contribution in [0.1, 0.15) is 50.0 Å². The van der Waals surface area contributed by atoms with E-state index in [0.29, 0.717) is 18.4 Å². The summed E-state index contributed by atoms with van der Waals surface area (Å²) in [5, 5.41) is 3.18. The lowest BCUT2D eigenvalue weighted by Gasteiger charge is -2.17. The topological polar surface area (TPSA) is 41.6 Å². The van der Waals surface area contributed by atoms with E-state index in [-0.39, 0.29) is 5.91 Å². The first-order valence-corrected chi connectivity index (χ1v) is 8.90. The minimum atomic E-state index is 0.227. The molecule has 0 radical (unpaired) electrons. The first kappa shape index (κ1) is 16.3. The molecule has 4 nitrogen and oxygen atoms in total. The summed E-state index contributed by atoms with van der Waals surface area (Å²) in [4.78, 5) is 14.4. The molecule has 1 aliphatic heterocycles. The van der Waals surface area contributed by atoms with Gasteiger partial charge in [0.2, 0.25) is 5.91 Å². The highest BCUT2D eigenvalue weighted by molar-refractivity contribution is 5.76. The number of likely N-dealkylation sites (tertiary alicyclic amines) is 1. The summed E-state index contributed by atoms with van der Waals surface area (Å²) < 4.78 is 5.22. The van der Waals surface area contributed by atoms with Crippen LogP contribution in [0.4, 0.5) is 0 Å². The van der Waals surface area contributed by atoms with Gasteiger partial charge in [0.15, 0.2) is 0 Å². The predicted molar refractivity (Wildman–Crippen MR) is 91.8 cm³/mol. The lowest BCUT2D eigenvalue weighted by molar-refractivity contribution is -0.122. The predicted octanol–water partition coefficient (Wildman–Crippen LogP) is 2.93. The van der Waals surface area contributed by atoms with Crippen LogP contribution in [0.15, 0.2) is 24.3 Å².